The fraction of sp³-hybridized carbons (Fsp3) is 0.250. The second kappa shape index (κ2) is 5.70. The number of carboxylic acids is 1. The largest absolute Gasteiger partial charge is 0.478 e. The highest BCUT2D eigenvalue weighted by atomic mass is 32.1. The van der Waals surface area contributed by atoms with E-state index in [9.17, 15) is 4.79 Å². The summed E-state index contributed by atoms with van der Waals surface area (Å²) in [4.78, 5) is 20.1. The zero-order valence-corrected chi connectivity index (χ0v) is 10.7. The number of aromatic nitrogens is 2. The van der Waals surface area contributed by atoms with Crippen molar-refractivity contribution in [3.8, 4) is 0 Å². The van der Waals surface area contributed by atoms with Gasteiger partial charge in [0, 0.05) is 30.4 Å². The molecule has 0 aromatic carbocycles. The lowest BCUT2D eigenvalue weighted by atomic mass is 10.2. The zero-order valence-electron chi connectivity index (χ0n) is 9.88. The topological polar surface area (TPSA) is 75.1 Å². The number of nitrogens with one attached hydrogen (secondary N) is 1. The van der Waals surface area contributed by atoms with Gasteiger partial charge in [-0.05, 0) is 19.1 Å². The molecule has 6 heteroatoms. The summed E-state index contributed by atoms with van der Waals surface area (Å²) in [7, 11) is 0. The van der Waals surface area contributed by atoms with Gasteiger partial charge in [0.25, 0.3) is 0 Å². The Balaban J connectivity index is 1.85. The number of aryl methyl sites for hydroxylation is 1. The Morgan fingerprint density at radius 2 is 2.17 bits per heavy atom. The molecule has 0 radical (unpaired) electrons. The van der Waals surface area contributed by atoms with Crippen LogP contribution in [0.15, 0.2) is 24.5 Å². The molecule has 2 N–H and O–H groups in total. The van der Waals surface area contributed by atoms with Crippen LogP contribution >= 0.6 is 11.3 Å². The second-order valence-corrected chi connectivity index (χ2v) is 5.11. The van der Waals surface area contributed by atoms with E-state index < -0.39 is 5.97 Å². The van der Waals surface area contributed by atoms with Crippen molar-refractivity contribution in [2.24, 2.45) is 0 Å². The standard InChI is InChI=1S/C12H13N3O2S/c1-8-14-7-11(18-8)6-13-5-10-3-2-9(4-15-10)12(16)17/h2-4,7,13H,5-6H2,1H3,(H,16,17). The van der Waals surface area contributed by atoms with Gasteiger partial charge in [-0.1, -0.05) is 0 Å². The first kappa shape index (κ1) is 12.7. The average Bonchev–Trinajstić information content (AvgIpc) is 2.76. The minimum absolute atomic E-state index is 0.205. The number of thiazole rings is 1. The van der Waals surface area contributed by atoms with Gasteiger partial charge in [0.2, 0.25) is 0 Å². The maximum atomic E-state index is 10.7. The third-order valence-electron chi connectivity index (χ3n) is 2.35. The van der Waals surface area contributed by atoms with E-state index in [1.54, 1.807) is 23.5 Å². The van der Waals surface area contributed by atoms with Crippen molar-refractivity contribution in [1.29, 1.82) is 0 Å². The molecule has 0 aliphatic rings. The minimum Gasteiger partial charge on any atom is -0.478 e. The van der Waals surface area contributed by atoms with Gasteiger partial charge in [-0.2, -0.15) is 0 Å². The van der Waals surface area contributed by atoms with Gasteiger partial charge in [0.15, 0.2) is 0 Å². The van der Waals surface area contributed by atoms with E-state index >= 15 is 0 Å². The van der Waals surface area contributed by atoms with Crippen molar-refractivity contribution in [2.45, 2.75) is 20.0 Å². The van der Waals surface area contributed by atoms with E-state index in [2.05, 4.69) is 15.3 Å². The maximum absolute atomic E-state index is 10.7. The lowest BCUT2D eigenvalue weighted by Gasteiger charge is -2.02. The molecule has 0 atom stereocenters. The summed E-state index contributed by atoms with van der Waals surface area (Å²) in [6.45, 7) is 3.32. The third-order valence-corrected chi connectivity index (χ3v) is 3.26. The first-order valence-electron chi connectivity index (χ1n) is 5.45. The number of hydrogen-bond acceptors (Lipinski definition) is 5. The summed E-state index contributed by atoms with van der Waals surface area (Å²) in [5, 5.41) is 13.0. The van der Waals surface area contributed by atoms with E-state index in [4.69, 9.17) is 5.11 Å². The molecule has 0 fully saturated rings. The van der Waals surface area contributed by atoms with Gasteiger partial charge < -0.3 is 10.4 Å². The molecule has 5 nitrogen and oxygen atoms in total. The van der Waals surface area contributed by atoms with Crippen LogP contribution in [0, 0.1) is 6.92 Å². The summed E-state index contributed by atoms with van der Waals surface area (Å²) in [5.74, 6) is -0.956. The lowest BCUT2D eigenvalue weighted by Crippen LogP contribution is -2.13. The fourth-order valence-corrected chi connectivity index (χ4v) is 2.22. The molecule has 18 heavy (non-hydrogen) atoms. The Kier molecular flexibility index (Phi) is 4.01. The van der Waals surface area contributed by atoms with Gasteiger partial charge in [-0.3, -0.25) is 4.98 Å². The Hall–Kier alpha value is -1.79. The van der Waals surface area contributed by atoms with Crippen molar-refractivity contribution in [1.82, 2.24) is 15.3 Å². The molecule has 2 aromatic heterocycles. The number of carbonyl (C=O) groups is 1. The first-order valence-corrected chi connectivity index (χ1v) is 6.27. The molecule has 94 valence electrons. The first-order chi connectivity index (χ1) is 8.65. The highest BCUT2D eigenvalue weighted by Gasteiger charge is 2.03. The highest BCUT2D eigenvalue weighted by Crippen LogP contribution is 2.10. The summed E-state index contributed by atoms with van der Waals surface area (Å²) in [5.41, 5.74) is 1.03. The van der Waals surface area contributed by atoms with E-state index in [-0.39, 0.29) is 5.56 Å². The van der Waals surface area contributed by atoms with Gasteiger partial charge in [0.05, 0.1) is 16.3 Å². The van der Waals surface area contributed by atoms with Crippen LogP contribution in [0.5, 0.6) is 0 Å². The van der Waals surface area contributed by atoms with Crippen LogP contribution in [-0.4, -0.2) is 21.0 Å². The molecule has 0 saturated carbocycles. The van der Waals surface area contributed by atoms with Crippen LogP contribution in [0.2, 0.25) is 0 Å². The molecule has 2 heterocycles. The minimum atomic E-state index is -0.956. The van der Waals surface area contributed by atoms with Crippen LogP contribution in [0.25, 0.3) is 0 Å². The molecule has 0 bridgehead atoms. The molecule has 0 aliphatic carbocycles. The number of rotatable bonds is 5. The van der Waals surface area contributed by atoms with E-state index in [1.807, 2.05) is 13.1 Å². The van der Waals surface area contributed by atoms with Gasteiger partial charge in [-0.15, -0.1) is 11.3 Å². The monoisotopic (exact) mass is 263 g/mol. The molecule has 2 rings (SSSR count). The molecular formula is C12H13N3O2S. The molecule has 0 amide bonds. The maximum Gasteiger partial charge on any atom is 0.337 e. The van der Waals surface area contributed by atoms with Crippen LogP contribution < -0.4 is 5.32 Å². The Bertz CT molecular complexity index is 537. The predicted molar refractivity (Wildman–Crippen MR) is 68.6 cm³/mol. The van der Waals surface area contributed by atoms with Crippen molar-refractivity contribution < 1.29 is 9.90 Å². The van der Waals surface area contributed by atoms with E-state index in [0.29, 0.717) is 6.54 Å². The zero-order chi connectivity index (χ0) is 13.0. The van der Waals surface area contributed by atoms with Crippen molar-refractivity contribution >= 4 is 17.3 Å². The number of pyridine rings is 1. The summed E-state index contributed by atoms with van der Waals surface area (Å²) in [6, 6.07) is 3.28. The van der Waals surface area contributed by atoms with E-state index in [1.165, 1.54) is 11.1 Å². The Morgan fingerprint density at radius 3 is 2.72 bits per heavy atom. The number of aromatic carboxylic acids is 1. The number of hydrogen-bond donors (Lipinski definition) is 2. The number of nitrogens with zero attached hydrogens (tertiary/aromatic N) is 2. The normalized spacial score (nSPS) is 10.5. The smallest absolute Gasteiger partial charge is 0.337 e. The van der Waals surface area contributed by atoms with Crippen molar-refractivity contribution in [3.63, 3.8) is 0 Å². The SMILES string of the molecule is Cc1ncc(CNCc2ccc(C(=O)O)cn2)s1. The van der Waals surface area contributed by atoms with Crippen molar-refractivity contribution in [3.05, 3.63) is 45.7 Å². The van der Waals surface area contributed by atoms with Gasteiger partial charge >= 0.3 is 5.97 Å². The molecule has 0 unspecified atom stereocenters. The van der Waals surface area contributed by atoms with Crippen LogP contribution in [-0.2, 0) is 13.1 Å². The Labute approximate surface area is 109 Å². The van der Waals surface area contributed by atoms with Gasteiger partial charge in [-0.25, -0.2) is 9.78 Å². The van der Waals surface area contributed by atoms with E-state index in [0.717, 1.165) is 17.2 Å². The number of carboxylic acid groups (broad SMARTS) is 1. The van der Waals surface area contributed by atoms with Crippen LogP contribution in [0.4, 0.5) is 0 Å². The predicted octanol–water partition coefficient (Wildman–Crippen LogP) is 1.83. The molecule has 0 saturated heterocycles. The van der Waals surface area contributed by atoms with Gasteiger partial charge in [0.1, 0.15) is 0 Å². The molecule has 2 aromatic rings. The van der Waals surface area contributed by atoms with Crippen molar-refractivity contribution in [2.75, 3.05) is 0 Å². The molecule has 0 aliphatic heterocycles. The quantitative estimate of drug-likeness (QED) is 0.860. The molecular weight excluding hydrogens is 250 g/mol. The summed E-state index contributed by atoms with van der Waals surface area (Å²) >= 11 is 1.66. The lowest BCUT2D eigenvalue weighted by molar-refractivity contribution is 0.0696. The van der Waals surface area contributed by atoms with Crippen LogP contribution in [0.3, 0.4) is 0 Å². The molecule has 0 spiro atoms. The third kappa shape index (κ3) is 3.35. The summed E-state index contributed by atoms with van der Waals surface area (Å²) < 4.78 is 0. The average molecular weight is 263 g/mol. The Morgan fingerprint density at radius 1 is 1.33 bits per heavy atom. The second-order valence-electron chi connectivity index (χ2n) is 3.79. The summed E-state index contributed by atoms with van der Waals surface area (Å²) in [6.07, 6.45) is 3.23. The highest BCUT2D eigenvalue weighted by molar-refractivity contribution is 7.11. The fourth-order valence-electron chi connectivity index (χ4n) is 1.46. The van der Waals surface area contributed by atoms with Crippen LogP contribution in [0.1, 0.15) is 25.9 Å².